The van der Waals surface area contributed by atoms with Crippen molar-refractivity contribution >= 4 is 27.8 Å². The second-order valence-electron chi connectivity index (χ2n) is 8.75. The summed E-state index contributed by atoms with van der Waals surface area (Å²) in [6, 6.07) is 12.4. The highest BCUT2D eigenvalue weighted by Crippen LogP contribution is 2.36. The maximum absolute atomic E-state index is 8.08. The van der Waals surface area contributed by atoms with E-state index in [1.807, 2.05) is 36.5 Å². The van der Waals surface area contributed by atoms with Gasteiger partial charge in [0.05, 0.1) is 12.1 Å². The summed E-state index contributed by atoms with van der Waals surface area (Å²) in [5.41, 5.74) is 7.68. The van der Waals surface area contributed by atoms with Crippen molar-refractivity contribution in [2.45, 2.75) is 44.9 Å². The molecular formula is C24H29N5O3. The van der Waals surface area contributed by atoms with Gasteiger partial charge < -0.3 is 25.3 Å². The minimum Gasteiger partial charge on any atom is -0.493 e. The van der Waals surface area contributed by atoms with Gasteiger partial charge in [0.1, 0.15) is 23.5 Å². The number of ether oxygens (including phenoxy) is 1. The lowest BCUT2D eigenvalue weighted by molar-refractivity contribution is -0.127. The second kappa shape index (κ2) is 9.10. The highest BCUT2D eigenvalue weighted by molar-refractivity contribution is 5.81. The first-order chi connectivity index (χ1) is 15.3. The number of nitrogens with zero attached hydrogens (tertiary/aromatic N) is 4. The molecule has 8 nitrogen and oxygen atoms in total. The number of benzene rings is 1. The van der Waals surface area contributed by atoms with Gasteiger partial charge >= 0.3 is 0 Å². The van der Waals surface area contributed by atoms with Crippen LogP contribution in [0.3, 0.4) is 0 Å². The van der Waals surface area contributed by atoms with Crippen molar-refractivity contribution in [2.75, 3.05) is 12.3 Å². The van der Waals surface area contributed by atoms with Gasteiger partial charge in [-0.25, -0.2) is 15.0 Å². The molecule has 4 aromatic rings. The van der Waals surface area contributed by atoms with E-state index in [-0.39, 0.29) is 0 Å². The van der Waals surface area contributed by atoms with Gasteiger partial charge in [-0.3, -0.25) is 0 Å². The molecule has 5 rings (SSSR count). The second-order valence-corrected chi connectivity index (χ2v) is 8.75. The molecule has 3 heterocycles. The molecule has 3 aromatic heterocycles. The van der Waals surface area contributed by atoms with Crippen molar-refractivity contribution in [1.29, 1.82) is 0 Å². The van der Waals surface area contributed by atoms with Gasteiger partial charge in [0.25, 0.3) is 0 Å². The van der Waals surface area contributed by atoms with E-state index in [4.69, 9.17) is 20.7 Å². The fourth-order valence-corrected chi connectivity index (χ4v) is 4.06. The van der Waals surface area contributed by atoms with Crippen LogP contribution in [0.25, 0.3) is 21.9 Å². The Kier molecular flexibility index (Phi) is 6.25. The third-order valence-electron chi connectivity index (χ3n) is 5.46. The maximum Gasteiger partial charge on any atom is 0.156 e. The topological polar surface area (TPSA) is 119 Å². The SMILES string of the molecule is CC(C)(O)O.Nc1ccc2ccc(OCC3CCC(n4ccc5cncnc54)C3)cc2n1. The van der Waals surface area contributed by atoms with Crippen molar-refractivity contribution in [1.82, 2.24) is 19.5 Å². The Labute approximate surface area is 186 Å². The van der Waals surface area contributed by atoms with Crippen LogP contribution in [0.5, 0.6) is 5.75 Å². The summed E-state index contributed by atoms with van der Waals surface area (Å²) in [4.78, 5) is 12.9. The molecule has 168 valence electrons. The van der Waals surface area contributed by atoms with Crippen LogP contribution in [-0.2, 0) is 0 Å². The quantitative estimate of drug-likeness (QED) is 0.418. The summed E-state index contributed by atoms with van der Waals surface area (Å²) in [6.45, 7) is 3.32. The normalized spacial score (nSPS) is 18.5. The Bertz CT molecular complexity index is 1200. The van der Waals surface area contributed by atoms with Crippen molar-refractivity contribution in [3.8, 4) is 5.75 Å². The summed E-state index contributed by atoms with van der Waals surface area (Å²) < 4.78 is 8.37. The minimum atomic E-state index is -1.50. The lowest BCUT2D eigenvalue weighted by Crippen LogP contribution is -2.15. The molecule has 1 fully saturated rings. The first-order valence-electron chi connectivity index (χ1n) is 10.8. The standard InChI is InChI=1S/C21H21N5O.C3H8O2/c22-20-6-3-15-2-5-18(10-19(15)25-20)27-12-14-1-4-17(9-14)26-8-7-16-11-23-13-24-21(16)26;1-3(2,4)5/h2-3,5-8,10-11,13-14,17H,1,4,9,12H2,(H2,22,25);4-5H,1-2H3. The predicted octanol–water partition coefficient (Wildman–Crippen LogP) is 3.69. The van der Waals surface area contributed by atoms with Gasteiger partial charge in [-0.05, 0) is 69.4 Å². The van der Waals surface area contributed by atoms with Crippen molar-refractivity contribution in [3.63, 3.8) is 0 Å². The maximum atomic E-state index is 8.08. The number of pyridine rings is 1. The van der Waals surface area contributed by atoms with Gasteiger partial charge in [-0.15, -0.1) is 0 Å². The molecule has 8 heteroatoms. The first-order valence-corrected chi connectivity index (χ1v) is 10.8. The number of aromatic nitrogens is 4. The molecule has 1 aliphatic carbocycles. The summed E-state index contributed by atoms with van der Waals surface area (Å²) in [5, 5.41) is 18.3. The summed E-state index contributed by atoms with van der Waals surface area (Å²) in [6.07, 6.45) is 9.04. The van der Waals surface area contributed by atoms with Crippen molar-refractivity contribution < 1.29 is 14.9 Å². The van der Waals surface area contributed by atoms with Crippen molar-refractivity contribution in [2.24, 2.45) is 5.92 Å². The molecule has 0 aliphatic heterocycles. The zero-order valence-electron chi connectivity index (χ0n) is 18.3. The molecule has 2 unspecified atom stereocenters. The molecule has 1 aliphatic rings. The number of aliphatic hydroxyl groups is 2. The summed E-state index contributed by atoms with van der Waals surface area (Å²) in [5.74, 6) is 0.419. The third kappa shape index (κ3) is 5.52. The molecular weight excluding hydrogens is 406 g/mol. The van der Waals surface area contributed by atoms with Crippen LogP contribution in [0.1, 0.15) is 39.2 Å². The van der Waals surface area contributed by atoms with E-state index >= 15 is 0 Å². The van der Waals surface area contributed by atoms with Crippen LogP contribution >= 0.6 is 0 Å². The number of hydrogen-bond donors (Lipinski definition) is 3. The number of hydrogen-bond acceptors (Lipinski definition) is 7. The molecule has 0 spiro atoms. The largest absolute Gasteiger partial charge is 0.493 e. The van der Waals surface area contributed by atoms with Gasteiger partial charge in [0.2, 0.25) is 0 Å². The average molecular weight is 436 g/mol. The van der Waals surface area contributed by atoms with Crippen LogP contribution < -0.4 is 10.5 Å². The van der Waals surface area contributed by atoms with Crippen LogP contribution in [0.15, 0.2) is 55.1 Å². The van der Waals surface area contributed by atoms with E-state index < -0.39 is 5.79 Å². The van der Waals surface area contributed by atoms with Crippen LogP contribution in [-0.4, -0.2) is 42.1 Å². The summed E-state index contributed by atoms with van der Waals surface area (Å²) >= 11 is 0. The Balaban J connectivity index is 0.000000444. The number of nitrogens with two attached hydrogens (primary N) is 1. The first kappa shape index (κ1) is 22.0. The molecule has 0 radical (unpaired) electrons. The fraction of sp³-hybridized carbons (Fsp3) is 0.375. The lowest BCUT2D eigenvalue weighted by atomic mass is 10.1. The zero-order chi connectivity index (χ0) is 22.7. The van der Waals surface area contributed by atoms with Crippen molar-refractivity contribution in [3.05, 3.63) is 55.1 Å². The Morgan fingerprint density at radius 1 is 1.12 bits per heavy atom. The van der Waals surface area contributed by atoms with E-state index in [1.54, 1.807) is 6.33 Å². The third-order valence-corrected chi connectivity index (χ3v) is 5.46. The van der Waals surface area contributed by atoms with Crippen LogP contribution in [0, 0.1) is 5.92 Å². The monoisotopic (exact) mass is 435 g/mol. The molecule has 32 heavy (non-hydrogen) atoms. The number of anilines is 1. The van der Waals surface area contributed by atoms with Crippen LogP contribution in [0.2, 0.25) is 0 Å². The smallest absolute Gasteiger partial charge is 0.156 e. The number of nitrogen functional groups attached to an aromatic ring is 1. The van der Waals surface area contributed by atoms with Gasteiger partial charge in [-0.2, -0.15) is 0 Å². The predicted molar refractivity (Wildman–Crippen MR) is 124 cm³/mol. The average Bonchev–Trinajstić information content (AvgIpc) is 3.37. The molecule has 2 atom stereocenters. The number of rotatable bonds is 4. The van der Waals surface area contributed by atoms with Gasteiger partial charge in [0, 0.05) is 35.3 Å². The molecule has 0 amide bonds. The molecule has 1 saturated carbocycles. The van der Waals surface area contributed by atoms with E-state index in [2.05, 4.69) is 31.8 Å². The molecule has 0 bridgehead atoms. The van der Waals surface area contributed by atoms with Gasteiger partial charge in [-0.1, -0.05) is 0 Å². The van der Waals surface area contributed by atoms with E-state index in [0.29, 0.717) is 17.8 Å². The van der Waals surface area contributed by atoms with Gasteiger partial charge in [0.15, 0.2) is 5.79 Å². The zero-order valence-corrected chi connectivity index (χ0v) is 18.3. The Morgan fingerprint density at radius 2 is 1.91 bits per heavy atom. The Morgan fingerprint density at radius 3 is 2.72 bits per heavy atom. The molecule has 1 aromatic carbocycles. The highest BCUT2D eigenvalue weighted by Gasteiger charge is 2.27. The molecule has 4 N–H and O–H groups in total. The Hall–Kier alpha value is -3.23. The number of fused-ring (bicyclic) bond motifs is 2. The minimum absolute atomic E-state index is 0.476. The van der Waals surface area contributed by atoms with E-state index in [1.165, 1.54) is 13.8 Å². The molecule has 0 saturated heterocycles. The van der Waals surface area contributed by atoms with Crippen LogP contribution in [0.4, 0.5) is 5.82 Å². The van der Waals surface area contributed by atoms with E-state index in [0.717, 1.165) is 53.6 Å². The summed E-state index contributed by atoms with van der Waals surface area (Å²) in [7, 11) is 0. The highest BCUT2D eigenvalue weighted by atomic mass is 16.5. The van der Waals surface area contributed by atoms with E-state index in [9.17, 15) is 0 Å². The lowest BCUT2D eigenvalue weighted by Gasteiger charge is -2.15. The fourth-order valence-electron chi connectivity index (χ4n) is 4.06.